The van der Waals surface area contributed by atoms with Crippen molar-refractivity contribution in [3.05, 3.63) is 86.9 Å². The predicted octanol–water partition coefficient (Wildman–Crippen LogP) is 2.54. The normalized spacial score (nSPS) is 17.5. The van der Waals surface area contributed by atoms with Gasteiger partial charge < -0.3 is 19.6 Å². The summed E-state index contributed by atoms with van der Waals surface area (Å²) in [6.07, 6.45) is 7.08. The van der Waals surface area contributed by atoms with E-state index in [0.717, 1.165) is 0 Å². The molecule has 2 unspecified atom stereocenters. The number of ether oxygens (including phenoxy) is 1. The van der Waals surface area contributed by atoms with Gasteiger partial charge in [-0.3, -0.25) is 14.2 Å². The fraction of sp³-hybridized carbons (Fsp3) is 0.292. The Labute approximate surface area is 213 Å². The lowest BCUT2D eigenvalue weighted by Gasteiger charge is -2.30. The molecule has 2 aromatic heterocycles. The Kier molecular flexibility index (Phi) is 7.75. The van der Waals surface area contributed by atoms with Gasteiger partial charge in [0.2, 0.25) is 5.69 Å². The van der Waals surface area contributed by atoms with E-state index in [-0.39, 0.29) is 11.5 Å². The van der Waals surface area contributed by atoms with Gasteiger partial charge >= 0.3 is 0 Å². The molecule has 2 aromatic rings. The first-order valence-corrected chi connectivity index (χ1v) is 11.1. The minimum Gasteiger partial charge on any atom is -0.465 e. The molecule has 0 spiro atoms. The molecule has 0 amide bonds. The molecule has 0 bridgehead atoms. The van der Waals surface area contributed by atoms with Gasteiger partial charge in [-0.1, -0.05) is 11.6 Å². The molecule has 0 fully saturated rings. The van der Waals surface area contributed by atoms with E-state index in [1.807, 2.05) is 0 Å². The third-order valence-corrected chi connectivity index (χ3v) is 5.69. The largest absolute Gasteiger partial charge is 0.465 e. The maximum atomic E-state index is 14.1. The molecule has 8 nitrogen and oxygen atoms in total. The molecule has 2 atom stereocenters. The highest BCUT2D eigenvalue weighted by atomic mass is 35.5. The van der Waals surface area contributed by atoms with Crippen LogP contribution in [0.3, 0.4) is 0 Å². The third-order valence-electron chi connectivity index (χ3n) is 5.34. The number of aliphatic hydroxyl groups is 1. The van der Waals surface area contributed by atoms with E-state index in [9.17, 15) is 23.5 Å². The molecule has 36 heavy (non-hydrogen) atoms. The van der Waals surface area contributed by atoms with E-state index in [0.29, 0.717) is 29.2 Å². The number of nitrogens with zero attached hydrogens (tertiary/aromatic N) is 4. The zero-order valence-corrected chi connectivity index (χ0v) is 21.0. The summed E-state index contributed by atoms with van der Waals surface area (Å²) in [4.78, 5) is 32.9. The Balaban J connectivity index is 2.03. The van der Waals surface area contributed by atoms with Gasteiger partial charge in [-0.2, -0.15) is 0 Å². The van der Waals surface area contributed by atoms with E-state index in [2.05, 4.69) is 4.98 Å². The number of aromatic nitrogens is 2. The summed E-state index contributed by atoms with van der Waals surface area (Å²) >= 11 is 6.27. The number of rotatable bonds is 7. The van der Waals surface area contributed by atoms with Crippen molar-refractivity contribution in [2.45, 2.75) is 25.6 Å². The molecule has 1 aliphatic heterocycles. The molecule has 3 heterocycles. The smallest absolute Gasteiger partial charge is 0.277 e. The molecular weight excluding hydrogens is 493 g/mol. The number of halogens is 3. The van der Waals surface area contributed by atoms with E-state index < -0.39 is 39.6 Å². The number of allylic oxidation sites excluding steroid dienone is 2. The van der Waals surface area contributed by atoms with E-state index in [1.165, 1.54) is 16.7 Å². The number of hydrogen-bond acceptors (Lipinski definition) is 7. The molecular formula is C24H24BClF2N4O4. The standard InChI is InChI=1S/C24H24BClF2N4O4/c1-13-12-31(5)18(19(33)6-7-30(3)4)10-17(13)32-14(2)8-20(21(26)23(32)34)36-24(25,35)22-16(28)9-15(27)11-29-22/h6-12,18,35H,1-5H3/b7-6+. The summed E-state index contributed by atoms with van der Waals surface area (Å²) in [5, 5.41) is 10.0. The van der Waals surface area contributed by atoms with Crippen LogP contribution >= 0.6 is 11.6 Å². The summed E-state index contributed by atoms with van der Waals surface area (Å²) in [7, 11) is 11.0. The Morgan fingerprint density at radius 3 is 2.61 bits per heavy atom. The molecule has 2 radical (unpaired) electrons. The monoisotopic (exact) mass is 516 g/mol. The molecule has 188 valence electrons. The van der Waals surface area contributed by atoms with Gasteiger partial charge in [0.05, 0.1) is 11.9 Å². The van der Waals surface area contributed by atoms with Gasteiger partial charge in [0, 0.05) is 51.4 Å². The zero-order valence-electron chi connectivity index (χ0n) is 20.3. The number of hydrogen-bond donors (Lipinski definition) is 1. The predicted molar refractivity (Wildman–Crippen MR) is 132 cm³/mol. The minimum atomic E-state index is -2.86. The minimum absolute atomic E-state index is 0.203. The van der Waals surface area contributed by atoms with Gasteiger partial charge in [-0.05, 0) is 31.6 Å². The average molecular weight is 517 g/mol. The first-order chi connectivity index (χ1) is 16.7. The molecule has 0 aromatic carbocycles. The van der Waals surface area contributed by atoms with Crippen molar-refractivity contribution in [2.75, 3.05) is 21.1 Å². The SMILES string of the molecule is [B]C(O)(Oc1cc(C)n(C2=CC(C(=O)/C=C/N(C)C)N(C)C=C2C)c(=O)c1Cl)c1ncc(F)cc1F. The maximum absolute atomic E-state index is 14.1. The topological polar surface area (TPSA) is 87.9 Å². The number of pyridine rings is 2. The van der Waals surface area contributed by atoms with Gasteiger partial charge in [-0.25, -0.2) is 13.8 Å². The average Bonchev–Trinajstić information content (AvgIpc) is 2.76. The van der Waals surface area contributed by atoms with Gasteiger partial charge in [0.15, 0.2) is 19.4 Å². The Hall–Kier alpha value is -3.44. The first kappa shape index (κ1) is 27.2. The summed E-state index contributed by atoms with van der Waals surface area (Å²) in [5.41, 5.74) is -2.96. The summed E-state index contributed by atoms with van der Waals surface area (Å²) in [5.74, 6) is -2.78. The highest BCUT2D eigenvalue weighted by Crippen LogP contribution is 2.32. The fourth-order valence-electron chi connectivity index (χ4n) is 3.65. The van der Waals surface area contributed by atoms with Crippen LogP contribution in [0.4, 0.5) is 8.78 Å². The second kappa shape index (κ2) is 10.3. The van der Waals surface area contributed by atoms with Gasteiger partial charge in [0.1, 0.15) is 28.3 Å². The van der Waals surface area contributed by atoms with Crippen molar-refractivity contribution in [3.63, 3.8) is 0 Å². The summed E-state index contributed by atoms with van der Waals surface area (Å²) < 4.78 is 33.9. The summed E-state index contributed by atoms with van der Waals surface area (Å²) in [6.45, 7) is 3.34. The third kappa shape index (κ3) is 5.52. The molecule has 3 rings (SSSR count). The van der Waals surface area contributed by atoms with Gasteiger partial charge in [-0.15, -0.1) is 0 Å². The number of carbonyl (C=O) groups is 1. The number of ketones is 1. The van der Waals surface area contributed by atoms with Crippen LogP contribution in [0.5, 0.6) is 5.75 Å². The lowest BCUT2D eigenvalue weighted by molar-refractivity contribution is -0.117. The van der Waals surface area contributed by atoms with Crippen molar-refractivity contribution in [1.82, 2.24) is 19.4 Å². The van der Waals surface area contributed by atoms with Gasteiger partial charge in [0.25, 0.3) is 5.56 Å². The van der Waals surface area contributed by atoms with Crippen LogP contribution < -0.4 is 10.3 Å². The molecule has 1 N–H and O–H groups in total. The van der Waals surface area contributed by atoms with E-state index >= 15 is 0 Å². The van der Waals surface area contributed by atoms with Crippen molar-refractivity contribution >= 4 is 30.9 Å². The van der Waals surface area contributed by atoms with E-state index in [4.69, 9.17) is 24.2 Å². The zero-order chi connectivity index (χ0) is 26.9. The lowest BCUT2D eigenvalue weighted by atomic mass is 9.90. The molecule has 0 aliphatic carbocycles. The highest BCUT2D eigenvalue weighted by Gasteiger charge is 2.32. The van der Waals surface area contributed by atoms with E-state index in [1.54, 1.807) is 63.3 Å². The van der Waals surface area contributed by atoms with Crippen LogP contribution in [0.2, 0.25) is 5.02 Å². The first-order valence-electron chi connectivity index (χ1n) is 10.7. The number of aryl methyl sites for hydroxylation is 1. The number of carbonyl (C=O) groups excluding carboxylic acids is 1. The molecule has 12 heteroatoms. The Morgan fingerprint density at radius 2 is 2.00 bits per heavy atom. The Bertz CT molecular complexity index is 1350. The van der Waals surface area contributed by atoms with Crippen LogP contribution in [-0.4, -0.2) is 65.3 Å². The van der Waals surface area contributed by atoms with Crippen molar-refractivity contribution in [1.29, 1.82) is 0 Å². The van der Waals surface area contributed by atoms with Crippen LogP contribution in [0.15, 0.2) is 53.2 Å². The van der Waals surface area contributed by atoms with Crippen LogP contribution in [0.1, 0.15) is 18.3 Å². The van der Waals surface area contributed by atoms with Crippen LogP contribution in [-0.2, 0) is 10.5 Å². The second-order valence-electron chi connectivity index (χ2n) is 8.54. The fourth-order valence-corrected chi connectivity index (χ4v) is 3.83. The maximum Gasteiger partial charge on any atom is 0.277 e. The summed E-state index contributed by atoms with van der Waals surface area (Å²) in [6, 6.07) is 1.11. The quantitative estimate of drug-likeness (QED) is 0.344. The molecule has 0 saturated heterocycles. The molecule has 1 aliphatic rings. The molecule has 0 saturated carbocycles. The van der Waals surface area contributed by atoms with Crippen molar-refractivity contribution < 1.29 is 23.4 Å². The van der Waals surface area contributed by atoms with Crippen molar-refractivity contribution in [3.8, 4) is 5.75 Å². The van der Waals surface area contributed by atoms with Crippen LogP contribution in [0, 0.1) is 18.6 Å². The lowest BCUT2D eigenvalue weighted by Crippen LogP contribution is -2.38. The number of likely N-dealkylation sites (N-methyl/N-ethyl adjacent to an activating group) is 1. The Morgan fingerprint density at radius 1 is 1.33 bits per heavy atom. The highest BCUT2D eigenvalue weighted by molar-refractivity contribution is 6.32. The van der Waals surface area contributed by atoms with Crippen molar-refractivity contribution in [2.24, 2.45) is 0 Å². The second-order valence-corrected chi connectivity index (χ2v) is 8.92. The van der Waals surface area contributed by atoms with Crippen LogP contribution in [0.25, 0.3) is 5.70 Å².